The summed E-state index contributed by atoms with van der Waals surface area (Å²) >= 11 is 3.20. The van der Waals surface area contributed by atoms with Crippen molar-refractivity contribution in [2.75, 3.05) is 13.4 Å². The van der Waals surface area contributed by atoms with Gasteiger partial charge < -0.3 is 4.74 Å². The maximum Gasteiger partial charge on any atom is 0.338 e. The zero-order chi connectivity index (χ0) is 12.3. The third kappa shape index (κ3) is 2.82. The summed E-state index contributed by atoms with van der Waals surface area (Å²) < 4.78 is 27.2. The fourth-order valence-corrected chi connectivity index (χ4v) is 2.36. The zero-order valence-corrected chi connectivity index (χ0v) is 11.3. The predicted octanol–water partition coefficient (Wildman–Crippen LogP) is 1.77. The van der Waals surface area contributed by atoms with E-state index in [-0.39, 0.29) is 4.90 Å². The average Bonchev–Trinajstić information content (AvgIpc) is 2.26. The lowest BCUT2D eigenvalue weighted by Crippen LogP contribution is -2.07. The second-order valence-corrected chi connectivity index (χ2v) is 5.79. The van der Waals surface area contributed by atoms with Gasteiger partial charge in [-0.15, -0.1) is 0 Å². The fraction of sp³-hybridized carbons (Fsp3) is 0.300. The van der Waals surface area contributed by atoms with Crippen LogP contribution in [0.2, 0.25) is 0 Å². The Morgan fingerprint density at radius 2 is 2.06 bits per heavy atom. The molecule has 0 saturated heterocycles. The Hall–Kier alpha value is -0.880. The van der Waals surface area contributed by atoms with Crippen molar-refractivity contribution in [3.05, 3.63) is 29.3 Å². The number of carbonyl (C=O) groups is 1. The molecule has 0 amide bonds. The molecule has 0 saturated carbocycles. The van der Waals surface area contributed by atoms with Crippen molar-refractivity contribution < 1.29 is 17.9 Å². The number of carbonyl (C=O) groups excluding carboxylic acids is 1. The molecule has 4 nitrogen and oxygen atoms in total. The van der Waals surface area contributed by atoms with Gasteiger partial charge in [0.15, 0.2) is 9.84 Å². The van der Waals surface area contributed by atoms with E-state index in [0.717, 1.165) is 6.26 Å². The molecule has 0 aliphatic rings. The normalized spacial score (nSPS) is 11.2. The molecule has 6 heteroatoms. The van der Waals surface area contributed by atoms with Gasteiger partial charge in [0, 0.05) is 11.6 Å². The average molecular weight is 307 g/mol. The highest BCUT2D eigenvalue weighted by molar-refractivity contribution is 9.08. The van der Waals surface area contributed by atoms with Crippen molar-refractivity contribution >= 4 is 31.7 Å². The van der Waals surface area contributed by atoms with Crippen molar-refractivity contribution in [2.24, 2.45) is 0 Å². The van der Waals surface area contributed by atoms with Crippen molar-refractivity contribution in [2.45, 2.75) is 10.2 Å². The fourth-order valence-electron chi connectivity index (χ4n) is 1.22. The van der Waals surface area contributed by atoms with Gasteiger partial charge in [0.2, 0.25) is 0 Å². The zero-order valence-electron chi connectivity index (χ0n) is 8.86. The second kappa shape index (κ2) is 4.97. The summed E-state index contributed by atoms with van der Waals surface area (Å²) in [7, 11) is -1.97. The summed E-state index contributed by atoms with van der Waals surface area (Å²) in [6.45, 7) is 0. The van der Waals surface area contributed by atoms with Gasteiger partial charge in [-0.05, 0) is 23.8 Å². The second-order valence-electron chi connectivity index (χ2n) is 3.22. The minimum absolute atomic E-state index is 0.189. The van der Waals surface area contributed by atoms with Gasteiger partial charge in [0.25, 0.3) is 0 Å². The Kier molecular flexibility index (Phi) is 4.09. The maximum absolute atomic E-state index is 11.4. The van der Waals surface area contributed by atoms with E-state index >= 15 is 0 Å². The number of sulfone groups is 1. The van der Waals surface area contributed by atoms with Crippen molar-refractivity contribution in [3.8, 4) is 0 Å². The third-order valence-corrected chi connectivity index (χ3v) is 3.77. The first-order chi connectivity index (χ1) is 7.40. The van der Waals surface area contributed by atoms with E-state index < -0.39 is 15.8 Å². The summed E-state index contributed by atoms with van der Waals surface area (Å²) in [5.74, 6) is -0.477. The lowest BCUT2D eigenvalue weighted by atomic mass is 10.1. The molecule has 0 aliphatic heterocycles. The molecule has 0 unspecified atom stereocenters. The molecular weight excluding hydrogens is 296 g/mol. The van der Waals surface area contributed by atoms with Gasteiger partial charge >= 0.3 is 5.97 Å². The maximum atomic E-state index is 11.4. The molecule has 1 rings (SSSR count). The quantitative estimate of drug-likeness (QED) is 0.631. The minimum Gasteiger partial charge on any atom is -0.465 e. The van der Waals surface area contributed by atoms with E-state index in [0.29, 0.717) is 16.5 Å². The van der Waals surface area contributed by atoms with Crippen LogP contribution in [0.5, 0.6) is 0 Å². The number of ether oxygens (including phenoxy) is 1. The Labute approximate surface area is 103 Å². The highest BCUT2D eigenvalue weighted by atomic mass is 79.9. The van der Waals surface area contributed by atoms with E-state index in [9.17, 15) is 13.2 Å². The summed E-state index contributed by atoms with van der Waals surface area (Å²) in [5.41, 5.74) is 0.960. The molecule has 0 radical (unpaired) electrons. The Bertz CT molecular complexity index is 508. The van der Waals surface area contributed by atoms with E-state index in [4.69, 9.17) is 0 Å². The standard InChI is InChI=1S/C10H11BrO4S/c1-15-10(12)9-4-3-8(16(2,13)14)5-7(9)6-11/h3-5H,6H2,1-2H3. The van der Waals surface area contributed by atoms with Crippen LogP contribution in [0.4, 0.5) is 0 Å². The van der Waals surface area contributed by atoms with Crippen LogP contribution >= 0.6 is 15.9 Å². The number of halogens is 1. The van der Waals surface area contributed by atoms with Crippen LogP contribution < -0.4 is 0 Å². The molecule has 0 N–H and O–H groups in total. The smallest absolute Gasteiger partial charge is 0.338 e. The van der Waals surface area contributed by atoms with Crippen molar-refractivity contribution in [3.63, 3.8) is 0 Å². The Morgan fingerprint density at radius 1 is 1.44 bits per heavy atom. The molecular formula is C10H11BrO4S. The highest BCUT2D eigenvalue weighted by Gasteiger charge is 2.15. The van der Waals surface area contributed by atoms with Crippen LogP contribution in [0.1, 0.15) is 15.9 Å². The molecule has 16 heavy (non-hydrogen) atoms. The van der Waals surface area contributed by atoms with Gasteiger partial charge in [0.05, 0.1) is 17.6 Å². The van der Waals surface area contributed by atoms with Crippen LogP contribution in [-0.2, 0) is 19.9 Å². The molecule has 0 aliphatic carbocycles. The summed E-state index contributed by atoms with van der Waals surface area (Å²) in [6.07, 6.45) is 1.12. The number of rotatable bonds is 3. The lowest BCUT2D eigenvalue weighted by molar-refractivity contribution is 0.0599. The Morgan fingerprint density at radius 3 is 2.50 bits per heavy atom. The number of benzene rings is 1. The van der Waals surface area contributed by atoms with Gasteiger partial charge in [-0.3, -0.25) is 0 Å². The van der Waals surface area contributed by atoms with Crippen LogP contribution in [0, 0.1) is 0 Å². The molecule has 0 atom stereocenters. The topological polar surface area (TPSA) is 60.4 Å². The minimum atomic E-state index is -3.26. The van der Waals surface area contributed by atoms with E-state index in [2.05, 4.69) is 20.7 Å². The monoisotopic (exact) mass is 306 g/mol. The molecule has 0 aromatic heterocycles. The largest absolute Gasteiger partial charge is 0.465 e. The van der Waals surface area contributed by atoms with Crippen LogP contribution in [0.15, 0.2) is 23.1 Å². The first-order valence-corrected chi connectivity index (χ1v) is 7.38. The SMILES string of the molecule is COC(=O)c1ccc(S(C)(=O)=O)cc1CBr. The molecule has 88 valence electrons. The van der Waals surface area contributed by atoms with E-state index in [1.165, 1.54) is 25.3 Å². The number of methoxy groups -OCH3 is 1. The molecule has 0 heterocycles. The summed E-state index contributed by atoms with van der Waals surface area (Å²) in [5, 5.41) is 0.390. The number of hydrogen-bond acceptors (Lipinski definition) is 4. The third-order valence-electron chi connectivity index (χ3n) is 2.05. The molecule has 0 bridgehead atoms. The van der Waals surface area contributed by atoms with Crippen molar-refractivity contribution in [1.82, 2.24) is 0 Å². The predicted molar refractivity (Wildman–Crippen MR) is 63.5 cm³/mol. The molecule has 1 aromatic carbocycles. The van der Waals surface area contributed by atoms with Crippen LogP contribution in [0.3, 0.4) is 0 Å². The first kappa shape index (κ1) is 13.2. The highest BCUT2D eigenvalue weighted by Crippen LogP contribution is 2.19. The van der Waals surface area contributed by atoms with Crippen molar-refractivity contribution in [1.29, 1.82) is 0 Å². The first-order valence-electron chi connectivity index (χ1n) is 4.37. The molecule has 1 aromatic rings. The van der Waals surface area contributed by atoms with Gasteiger partial charge in [-0.25, -0.2) is 13.2 Å². The van der Waals surface area contributed by atoms with E-state index in [1.54, 1.807) is 0 Å². The number of esters is 1. The number of hydrogen-bond donors (Lipinski definition) is 0. The van der Waals surface area contributed by atoms with Gasteiger partial charge in [0.1, 0.15) is 0 Å². The number of alkyl halides is 1. The Balaban J connectivity index is 3.33. The molecule has 0 fully saturated rings. The lowest BCUT2D eigenvalue weighted by Gasteiger charge is -2.07. The van der Waals surface area contributed by atoms with Gasteiger partial charge in [-0.1, -0.05) is 15.9 Å². The summed E-state index contributed by atoms with van der Waals surface area (Å²) in [6, 6.07) is 4.32. The van der Waals surface area contributed by atoms with E-state index in [1.807, 2.05) is 0 Å². The molecule has 0 spiro atoms. The van der Waals surface area contributed by atoms with Gasteiger partial charge in [-0.2, -0.15) is 0 Å². The van der Waals surface area contributed by atoms with Crippen LogP contribution in [0.25, 0.3) is 0 Å². The summed E-state index contributed by atoms with van der Waals surface area (Å²) in [4.78, 5) is 11.6. The van der Waals surface area contributed by atoms with Crippen LogP contribution in [-0.4, -0.2) is 27.8 Å².